The molecule has 146 valence electrons. The van der Waals surface area contributed by atoms with Gasteiger partial charge in [-0.3, -0.25) is 4.79 Å². The van der Waals surface area contributed by atoms with Crippen molar-refractivity contribution in [3.05, 3.63) is 11.3 Å². The minimum Gasteiger partial charge on any atom is -0.481 e. The topological polar surface area (TPSA) is 69.6 Å². The van der Waals surface area contributed by atoms with Gasteiger partial charge in [0.2, 0.25) is 5.95 Å². The molecule has 0 unspecified atom stereocenters. The van der Waals surface area contributed by atoms with Gasteiger partial charge in [-0.15, -0.1) is 0 Å². The number of fused-ring (bicyclic) bond motifs is 2. The molecule has 1 N–H and O–H groups in total. The van der Waals surface area contributed by atoms with Crippen molar-refractivity contribution in [1.82, 2.24) is 9.97 Å². The van der Waals surface area contributed by atoms with Gasteiger partial charge in [0.25, 0.3) is 5.92 Å². The van der Waals surface area contributed by atoms with Crippen molar-refractivity contribution in [1.29, 1.82) is 0 Å². The third-order valence-corrected chi connectivity index (χ3v) is 6.71. The number of carboxylic acid groups (broad SMARTS) is 1. The Balaban J connectivity index is 1.47. The summed E-state index contributed by atoms with van der Waals surface area (Å²) in [4.78, 5) is 24.2. The fraction of sp³-hybridized carbons (Fsp3) is 0.737. The van der Waals surface area contributed by atoms with Crippen LogP contribution in [0.1, 0.15) is 43.4 Å². The fourth-order valence-electron chi connectivity index (χ4n) is 5.25. The molecule has 4 aliphatic rings. The Morgan fingerprint density at radius 2 is 1.81 bits per heavy atom. The lowest BCUT2D eigenvalue weighted by molar-refractivity contribution is -0.137. The zero-order chi connectivity index (χ0) is 18.8. The summed E-state index contributed by atoms with van der Waals surface area (Å²) in [5.41, 5.74) is 0.522. The number of carboxylic acids is 1. The van der Waals surface area contributed by atoms with Gasteiger partial charge in [0, 0.05) is 44.6 Å². The lowest BCUT2D eigenvalue weighted by Crippen LogP contribution is -2.33. The van der Waals surface area contributed by atoms with E-state index in [-0.39, 0.29) is 24.5 Å². The largest absolute Gasteiger partial charge is 0.481 e. The SMILES string of the molecule is O=C(O)C[C@H]1[C@H]2CN(c3nc(N4CCCC4)nc4c3CCCC4(F)F)C[C@@H]12. The molecular weight excluding hydrogens is 354 g/mol. The molecule has 2 saturated heterocycles. The summed E-state index contributed by atoms with van der Waals surface area (Å²) in [6.45, 7) is 3.07. The number of halogens is 2. The fourth-order valence-corrected chi connectivity index (χ4v) is 5.25. The predicted octanol–water partition coefficient (Wildman–Crippen LogP) is 2.66. The van der Waals surface area contributed by atoms with Crippen molar-refractivity contribution in [2.45, 2.75) is 44.4 Å². The van der Waals surface area contributed by atoms with Crippen molar-refractivity contribution >= 4 is 17.7 Å². The van der Waals surface area contributed by atoms with Gasteiger partial charge in [-0.2, -0.15) is 13.8 Å². The maximum absolute atomic E-state index is 14.6. The molecule has 1 saturated carbocycles. The van der Waals surface area contributed by atoms with Gasteiger partial charge in [-0.1, -0.05) is 0 Å². The highest BCUT2D eigenvalue weighted by molar-refractivity contribution is 5.68. The molecule has 5 rings (SSSR count). The molecule has 3 heterocycles. The number of aliphatic carboxylic acids is 1. The van der Waals surface area contributed by atoms with Crippen molar-refractivity contribution < 1.29 is 18.7 Å². The maximum atomic E-state index is 14.6. The van der Waals surface area contributed by atoms with Crippen LogP contribution in [-0.4, -0.2) is 47.2 Å². The van der Waals surface area contributed by atoms with Crippen LogP contribution >= 0.6 is 0 Å². The number of hydrogen-bond donors (Lipinski definition) is 1. The maximum Gasteiger partial charge on any atom is 0.303 e. The van der Waals surface area contributed by atoms with Crippen molar-refractivity contribution in [3.63, 3.8) is 0 Å². The third-order valence-electron chi connectivity index (χ3n) is 6.71. The Hall–Kier alpha value is -1.99. The molecule has 2 aliphatic carbocycles. The number of rotatable bonds is 4. The smallest absolute Gasteiger partial charge is 0.303 e. The zero-order valence-electron chi connectivity index (χ0n) is 15.2. The highest BCUT2D eigenvalue weighted by Crippen LogP contribution is 2.55. The zero-order valence-corrected chi connectivity index (χ0v) is 15.2. The van der Waals surface area contributed by atoms with Crippen LogP contribution in [-0.2, 0) is 17.1 Å². The van der Waals surface area contributed by atoms with Gasteiger partial charge in [0.1, 0.15) is 11.5 Å². The molecule has 8 heteroatoms. The molecule has 2 aliphatic heterocycles. The quantitative estimate of drug-likeness (QED) is 0.869. The average Bonchev–Trinajstić information content (AvgIpc) is 3.06. The molecular formula is C19H24F2N4O2. The minimum absolute atomic E-state index is 0.0803. The van der Waals surface area contributed by atoms with Crippen LogP contribution in [0.15, 0.2) is 0 Å². The first kappa shape index (κ1) is 17.1. The van der Waals surface area contributed by atoms with Crippen LogP contribution in [0.4, 0.5) is 20.5 Å². The van der Waals surface area contributed by atoms with Crippen molar-refractivity contribution in [3.8, 4) is 0 Å². The Kier molecular flexibility index (Phi) is 3.81. The van der Waals surface area contributed by atoms with Gasteiger partial charge in [-0.05, 0) is 43.4 Å². The molecule has 0 amide bonds. The van der Waals surface area contributed by atoms with Crippen LogP contribution in [0.2, 0.25) is 0 Å². The van der Waals surface area contributed by atoms with E-state index in [2.05, 4.69) is 9.88 Å². The minimum atomic E-state index is -2.89. The molecule has 0 spiro atoms. The first-order chi connectivity index (χ1) is 12.9. The van der Waals surface area contributed by atoms with Gasteiger partial charge >= 0.3 is 5.97 Å². The Bertz CT molecular complexity index is 769. The van der Waals surface area contributed by atoms with Gasteiger partial charge in [0.05, 0.1) is 0 Å². The van der Waals surface area contributed by atoms with E-state index in [4.69, 9.17) is 10.1 Å². The van der Waals surface area contributed by atoms with E-state index in [0.717, 1.165) is 39.0 Å². The normalized spacial score (nSPS) is 31.0. The van der Waals surface area contributed by atoms with Gasteiger partial charge in [-0.25, -0.2) is 4.98 Å². The second kappa shape index (κ2) is 6.01. The van der Waals surface area contributed by atoms with E-state index in [1.54, 1.807) is 0 Å². The monoisotopic (exact) mass is 378 g/mol. The Morgan fingerprint density at radius 1 is 1.11 bits per heavy atom. The van der Waals surface area contributed by atoms with E-state index >= 15 is 0 Å². The summed E-state index contributed by atoms with van der Waals surface area (Å²) in [6, 6.07) is 0. The number of anilines is 2. The highest BCUT2D eigenvalue weighted by Gasteiger charge is 2.57. The number of hydrogen-bond acceptors (Lipinski definition) is 5. The highest BCUT2D eigenvalue weighted by atomic mass is 19.3. The van der Waals surface area contributed by atoms with Gasteiger partial charge in [0.15, 0.2) is 0 Å². The average molecular weight is 378 g/mol. The second-order valence-electron chi connectivity index (χ2n) is 8.42. The molecule has 3 atom stereocenters. The van der Waals surface area contributed by atoms with Crippen molar-refractivity contribution in [2.75, 3.05) is 36.0 Å². The lowest BCUT2D eigenvalue weighted by atomic mass is 9.92. The first-order valence-corrected chi connectivity index (χ1v) is 9.95. The number of piperidine rings is 1. The third kappa shape index (κ3) is 2.84. The molecule has 27 heavy (non-hydrogen) atoms. The lowest BCUT2D eigenvalue weighted by Gasteiger charge is -2.31. The second-order valence-corrected chi connectivity index (χ2v) is 8.42. The van der Waals surface area contributed by atoms with E-state index in [1.165, 1.54) is 0 Å². The van der Waals surface area contributed by atoms with E-state index in [0.29, 0.717) is 42.0 Å². The number of aromatic nitrogens is 2. The van der Waals surface area contributed by atoms with Crippen LogP contribution < -0.4 is 9.80 Å². The number of carbonyl (C=O) groups is 1. The Morgan fingerprint density at radius 3 is 2.48 bits per heavy atom. The summed E-state index contributed by atoms with van der Waals surface area (Å²) in [6.07, 6.45) is 3.17. The summed E-state index contributed by atoms with van der Waals surface area (Å²) >= 11 is 0. The molecule has 0 aromatic carbocycles. The van der Waals surface area contributed by atoms with E-state index in [9.17, 15) is 13.6 Å². The molecule has 1 aromatic rings. The molecule has 0 bridgehead atoms. The van der Waals surface area contributed by atoms with Crippen LogP contribution in [0.3, 0.4) is 0 Å². The predicted molar refractivity (Wildman–Crippen MR) is 95.2 cm³/mol. The van der Waals surface area contributed by atoms with Crippen LogP contribution in [0.25, 0.3) is 0 Å². The Labute approximate surface area is 156 Å². The number of nitrogens with zero attached hydrogens (tertiary/aromatic N) is 4. The summed E-state index contributed by atoms with van der Waals surface area (Å²) in [7, 11) is 0. The standard InChI is InChI=1S/C19H24F2N4O2/c20-19(21)5-3-4-11-16(19)22-18(24-6-1-2-7-24)23-17(11)25-9-13-12(8-15(26)27)14(13)10-25/h12-14H,1-10H2,(H,26,27)/t12-,13+,14-. The van der Waals surface area contributed by atoms with E-state index in [1.807, 2.05) is 4.90 Å². The molecule has 0 radical (unpaired) electrons. The summed E-state index contributed by atoms with van der Waals surface area (Å²) in [5, 5.41) is 9.01. The van der Waals surface area contributed by atoms with E-state index < -0.39 is 11.9 Å². The molecule has 6 nitrogen and oxygen atoms in total. The van der Waals surface area contributed by atoms with Crippen LogP contribution in [0, 0.1) is 17.8 Å². The summed E-state index contributed by atoms with van der Waals surface area (Å²) < 4.78 is 29.3. The number of alkyl halides is 2. The first-order valence-electron chi connectivity index (χ1n) is 9.95. The van der Waals surface area contributed by atoms with Gasteiger partial charge < -0.3 is 14.9 Å². The summed E-state index contributed by atoms with van der Waals surface area (Å²) in [5.74, 6) is -1.61. The van der Waals surface area contributed by atoms with Crippen molar-refractivity contribution in [2.24, 2.45) is 17.8 Å². The van der Waals surface area contributed by atoms with Crippen LogP contribution in [0.5, 0.6) is 0 Å². The molecule has 1 aromatic heterocycles. The molecule has 3 fully saturated rings.